The van der Waals surface area contributed by atoms with E-state index in [1.807, 2.05) is 32.4 Å². The molecule has 8 heavy (non-hydrogen) atoms. The number of hydrogen-bond donors (Lipinski definition) is 0. The van der Waals surface area contributed by atoms with Crippen molar-refractivity contribution in [1.29, 1.82) is 0 Å². The van der Waals surface area contributed by atoms with Crippen LogP contribution in [0.3, 0.4) is 0 Å². The lowest BCUT2D eigenvalue weighted by Crippen LogP contribution is -2.31. The first-order valence-corrected chi connectivity index (χ1v) is 2.57. The molecule has 0 aromatic carbocycles. The lowest BCUT2D eigenvalue weighted by Gasteiger charge is -1.82. The van der Waals surface area contributed by atoms with E-state index in [0.29, 0.717) is 0 Å². The van der Waals surface area contributed by atoms with Crippen LogP contribution in [0.25, 0.3) is 0 Å². The molecule has 0 saturated carbocycles. The second kappa shape index (κ2) is 1.90. The molecular weight excluding hydrogens is 100 g/mol. The molecular formula is C6H9N2+. The van der Waals surface area contributed by atoms with Crippen LogP contribution in [0.1, 0.15) is 5.56 Å². The molecule has 1 heterocycles. The molecule has 0 amide bonds. The summed E-state index contributed by atoms with van der Waals surface area (Å²) in [5, 5.41) is 4.00. The Balaban J connectivity index is 3.03. The van der Waals surface area contributed by atoms with Gasteiger partial charge < -0.3 is 0 Å². The highest BCUT2D eigenvalue weighted by molar-refractivity contribution is 4.98. The summed E-state index contributed by atoms with van der Waals surface area (Å²) in [5.74, 6) is 0. The van der Waals surface area contributed by atoms with E-state index < -0.39 is 0 Å². The molecule has 2 nitrogen and oxygen atoms in total. The van der Waals surface area contributed by atoms with Gasteiger partial charge in [-0.3, -0.25) is 0 Å². The van der Waals surface area contributed by atoms with Crippen molar-refractivity contribution < 1.29 is 4.68 Å². The highest BCUT2D eigenvalue weighted by Crippen LogP contribution is 1.84. The summed E-state index contributed by atoms with van der Waals surface area (Å²) in [5.41, 5.74) is 1.20. The molecule has 0 unspecified atom stereocenters. The fourth-order valence-corrected chi connectivity index (χ4v) is 0.489. The quantitative estimate of drug-likeness (QED) is 0.435. The fourth-order valence-electron chi connectivity index (χ4n) is 0.489. The Bertz CT molecular complexity index is 145. The van der Waals surface area contributed by atoms with Crippen molar-refractivity contribution in [3.8, 4) is 0 Å². The van der Waals surface area contributed by atoms with Gasteiger partial charge in [0.1, 0.15) is 0 Å². The highest BCUT2D eigenvalue weighted by Gasteiger charge is 1.87. The molecule has 1 aromatic heterocycles. The zero-order chi connectivity index (χ0) is 5.98. The molecule has 2 heteroatoms. The first kappa shape index (κ1) is 5.22. The first-order valence-electron chi connectivity index (χ1n) is 2.57. The fraction of sp³-hybridized carbons (Fsp3) is 0.333. The van der Waals surface area contributed by atoms with Gasteiger partial charge in [0.05, 0.1) is 6.20 Å². The van der Waals surface area contributed by atoms with Gasteiger partial charge in [0.15, 0.2) is 13.2 Å². The SMILES string of the molecule is Cc1cc[n+](C)nc1. The summed E-state index contributed by atoms with van der Waals surface area (Å²) in [7, 11) is 1.90. The van der Waals surface area contributed by atoms with E-state index in [-0.39, 0.29) is 0 Å². The van der Waals surface area contributed by atoms with E-state index in [2.05, 4.69) is 5.10 Å². The van der Waals surface area contributed by atoms with Gasteiger partial charge in [0, 0.05) is 6.07 Å². The number of hydrogen-bond acceptors (Lipinski definition) is 1. The zero-order valence-corrected chi connectivity index (χ0v) is 5.13. The molecule has 0 spiro atoms. The van der Waals surface area contributed by atoms with Gasteiger partial charge in [0.2, 0.25) is 0 Å². The van der Waals surface area contributed by atoms with Gasteiger partial charge in [0.25, 0.3) is 0 Å². The molecule has 1 aromatic rings. The van der Waals surface area contributed by atoms with E-state index in [9.17, 15) is 0 Å². The summed E-state index contributed by atoms with van der Waals surface area (Å²) in [6.45, 7) is 2.02. The van der Waals surface area contributed by atoms with Gasteiger partial charge in [-0.25, -0.2) is 0 Å². The lowest BCUT2D eigenvalue weighted by atomic mass is 10.4. The van der Waals surface area contributed by atoms with Crippen molar-refractivity contribution in [1.82, 2.24) is 5.10 Å². The maximum Gasteiger partial charge on any atom is 0.196 e. The Hall–Kier alpha value is -0.920. The van der Waals surface area contributed by atoms with Crippen molar-refractivity contribution >= 4 is 0 Å². The number of rotatable bonds is 0. The van der Waals surface area contributed by atoms with Crippen LogP contribution < -0.4 is 4.68 Å². The van der Waals surface area contributed by atoms with Crippen molar-refractivity contribution in [2.45, 2.75) is 6.92 Å². The molecule has 0 bridgehead atoms. The molecule has 0 radical (unpaired) electrons. The second-order valence-electron chi connectivity index (χ2n) is 1.88. The largest absolute Gasteiger partial charge is 0.196 e. The molecule has 0 saturated heterocycles. The summed E-state index contributed by atoms with van der Waals surface area (Å²) in [6, 6.07) is 2.02. The molecule has 0 aliphatic rings. The number of nitrogens with zero attached hydrogens (tertiary/aromatic N) is 2. The average Bonchev–Trinajstić information content (AvgIpc) is 1.77. The van der Waals surface area contributed by atoms with Crippen molar-refractivity contribution in [3.63, 3.8) is 0 Å². The van der Waals surface area contributed by atoms with Gasteiger partial charge in [-0.15, -0.1) is 0 Å². The van der Waals surface area contributed by atoms with Crippen LogP contribution in [-0.4, -0.2) is 5.10 Å². The third-order valence-corrected chi connectivity index (χ3v) is 0.997. The van der Waals surface area contributed by atoms with Crippen LogP contribution >= 0.6 is 0 Å². The van der Waals surface area contributed by atoms with Crippen LogP contribution in [0.15, 0.2) is 18.5 Å². The monoisotopic (exact) mass is 109 g/mol. The Labute approximate surface area is 48.8 Å². The molecule has 0 atom stereocenters. The smallest absolute Gasteiger partial charge is 0.0940 e. The van der Waals surface area contributed by atoms with E-state index in [4.69, 9.17) is 0 Å². The Morgan fingerprint density at radius 1 is 1.62 bits per heavy atom. The zero-order valence-electron chi connectivity index (χ0n) is 5.13. The summed E-state index contributed by atoms with van der Waals surface area (Å²) in [6.07, 6.45) is 3.76. The average molecular weight is 109 g/mol. The molecule has 0 aliphatic carbocycles. The Kier molecular flexibility index (Phi) is 1.24. The molecule has 0 N–H and O–H groups in total. The molecule has 42 valence electrons. The Morgan fingerprint density at radius 2 is 2.38 bits per heavy atom. The van der Waals surface area contributed by atoms with Gasteiger partial charge in [-0.05, 0) is 17.6 Å². The van der Waals surface area contributed by atoms with Gasteiger partial charge in [-0.2, -0.15) is 0 Å². The van der Waals surface area contributed by atoms with Crippen molar-refractivity contribution in [3.05, 3.63) is 24.0 Å². The van der Waals surface area contributed by atoms with E-state index in [0.717, 1.165) is 0 Å². The predicted molar refractivity (Wildman–Crippen MR) is 30.1 cm³/mol. The first-order chi connectivity index (χ1) is 3.79. The van der Waals surface area contributed by atoms with Crippen LogP contribution in [-0.2, 0) is 7.05 Å². The molecule has 0 aliphatic heterocycles. The molecule has 1 rings (SSSR count). The predicted octanol–water partition coefficient (Wildman–Crippen LogP) is 0.215. The van der Waals surface area contributed by atoms with Crippen LogP contribution in [0, 0.1) is 6.92 Å². The molecule has 0 fully saturated rings. The summed E-state index contributed by atoms with van der Waals surface area (Å²) in [4.78, 5) is 0. The van der Waals surface area contributed by atoms with Gasteiger partial charge in [-0.1, -0.05) is 4.68 Å². The van der Waals surface area contributed by atoms with Crippen LogP contribution in [0.2, 0.25) is 0 Å². The maximum atomic E-state index is 4.00. The van der Waals surface area contributed by atoms with Crippen LogP contribution in [0.4, 0.5) is 0 Å². The third kappa shape index (κ3) is 1.03. The minimum Gasteiger partial charge on any atom is -0.0940 e. The minimum absolute atomic E-state index is 1.20. The van der Waals surface area contributed by atoms with Crippen LogP contribution in [0.5, 0.6) is 0 Å². The summed E-state index contributed by atoms with van der Waals surface area (Å²) >= 11 is 0. The summed E-state index contributed by atoms with van der Waals surface area (Å²) < 4.78 is 1.77. The lowest BCUT2D eigenvalue weighted by molar-refractivity contribution is -0.731. The van der Waals surface area contributed by atoms with Gasteiger partial charge >= 0.3 is 0 Å². The third-order valence-electron chi connectivity index (χ3n) is 0.997. The van der Waals surface area contributed by atoms with E-state index in [1.165, 1.54) is 5.56 Å². The standard InChI is InChI=1S/C6H9N2/c1-6-3-4-8(2)7-5-6/h3-5H,1-2H3/q+1. The normalized spacial score (nSPS) is 9.25. The van der Waals surface area contributed by atoms with E-state index >= 15 is 0 Å². The van der Waals surface area contributed by atoms with Crippen molar-refractivity contribution in [2.75, 3.05) is 0 Å². The topological polar surface area (TPSA) is 16.8 Å². The maximum absolute atomic E-state index is 4.00. The Morgan fingerprint density at radius 3 is 2.75 bits per heavy atom. The second-order valence-corrected chi connectivity index (χ2v) is 1.88. The minimum atomic E-state index is 1.20. The number of aromatic nitrogens is 2. The van der Waals surface area contributed by atoms with Crippen molar-refractivity contribution in [2.24, 2.45) is 7.05 Å². The highest BCUT2D eigenvalue weighted by atomic mass is 15.2. The number of aryl methyl sites for hydroxylation is 2. The van der Waals surface area contributed by atoms with E-state index in [1.54, 1.807) is 4.68 Å².